The third-order valence-electron chi connectivity index (χ3n) is 3.08. The molecule has 0 spiro atoms. The van der Waals surface area contributed by atoms with Gasteiger partial charge in [0, 0.05) is 19.0 Å². The third kappa shape index (κ3) is 2.42. The van der Waals surface area contributed by atoms with Gasteiger partial charge in [0.05, 0.1) is 6.54 Å². The zero-order chi connectivity index (χ0) is 13.2. The molecule has 1 aromatic carbocycles. The molecule has 1 amide bonds. The molecule has 2 heterocycles. The predicted octanol–water partition coefficient (Wildman–Crippen LogP) is 1.03. The number of aromatic nitrogens is 2. The second kappa shape index (κ2) is 4.72. The van der Waals surface area contributed by atoms with Crippen molar-refractivity contribution in [1.82, 2.24) is 15.5 Å². The van der Waals surface area contributed by atoms with Gasteiger partial charge >= 0.3 is 0 Å². The molecule has 0 unspecified atom stereocenters. The van der Waals surface area contributed by atoms with Crippen LogP contribution in [0.5, 0.6) is 0 Å². The molecule has 0 radical (unpaired) electrons. The highest BCUT2D eigenvalue weighted by Gasteiger charge is 2.26. The lowest BCUT2D eigenvalue weighted by Gasteiger charge is -2.10. The van der Waals surface area contributed by atoms with Gasteiger partial charge in [-0.3, -0.25) is 4.79 Å². The van der Waals surface area contributed by atoms with Crippen molar-refractivity contribution in [2.45, 2.75) is 25.9 Å². The van der Waals surface area contributed by atoms with Crippen molar-refractivity contribution >= 4 is 11.6 Å². The van der Waals surface area contributed by atoms with Crippen LogP contribution in [0.25, 0.3) is 0 Å². The van der Waals surface area contributed by atoms with Gasteiger partial charge in [-0.15, -0.1) is 0 Å². The van der Waals surface area contributed by atoms with Crippen LogP contribution in [0.1, 0.15) is 17.3 Å². The van der Waals surface area contributed by atoms with Crippen LogP contribution < -0.4 is 10.6 Å². The first-order valence-corrected chi connectivity index (χ1v) is 6.14. The Bertz CT molecular complexity index is 583. The summed E-state index contributed by atoms with van der Waals surface area (Å²) in [5.41, 5.74) is 2.19. The van der Waals surface area contributed by atoms with E-state index >= 15 is 0 Å². The summed E-state index contributed by atoms with van der Waals surface area (Å²) >= 11 is 0. The van der Waals surface area contributed by atoms with E-state index in [9.17, 15) is 4.79 Å². The van der Waals surface area contributed by atoms with Gasteiger partial charge in [0.2, 0.25) is 11.8 Å². The molecule has 6 nitrogen and oxygen atoms in total. The maximum Gasteiger partial charge on any atom is 0.243 e. The summed E-state index contributed by atoms with van der Waals surface area (Å²) in [6.45, 7) is 2.00. The van der Waals surface area contributed by atoms with Gasteiger partial charge in [-0.1, -0.05) is 23.4 Å². The average molecular weight is 258 g/mol. The van der Waals surface area contributed by atoms with Crippen LogP contribution in [-0.2, 0) is 17.8 Å². The molecule has 6 heteroatoms. The van der Waals surface area contributed by atoms with Crippen LogP contribution in [0.3, 0.4) is 0 Å². The third-order valence-corrected chi connectivity index (χ3v) is 3.08. The van der Waals surface area contributed by atoms with Crippen molar-refractivity contribution in [2.24, 2.45) is 0 Å². The molecule has 0 bridgehead atoms. The molecule has 3 rings (SSSR count). The van der Waals surface area contributed by atoms with Crippen molar-refractivity contribution in [3.05, 3.63) is 41.5 Å². The highest BCUT2D eigenvalue weighted by Crippen LogP contribution is 2.24. The second-order valence-electron chi connectivity index (χ2n) is 4.51. The molecule has 1 atom stereocenters. The van der Waals surface area contributed by atoms with E-state index < -0.39 is 0 Å². The Balaban J connectivity index is 1.58. The minimum Gasteiger partial charge on any atom is -0.373 e. The fraction of sp³-hybridized carbons (Fsp3) is 0.308. The van der Waals surface area contributed by atoms with E-state index in [2.05, 4.69) is 20.8 Å². The molecule has 98 valence electrons. The summed E-state index contributed by atoms with van der Waals surface area (Å²) in [7, 11) is 0. The number of carbonyl (C=O) groups excluding carboxylic acids is 1. The Labute approximate surface area is 110 Å². The SMILES string of the molecule is Cc1nc(CNC(=O)[C@@H]2Cc3ccccc3N2)no1. The number of aryl methyl sites for hydroxylation is 1. The molecular weight excluding hydrogens is 244 g/mol. The highest BCUT2D eigenvalue weighted by molar-refractivity contribution is 5.87. The number of amides is 1. The number of hydrogen-bond donors (Lipinski definition) is 2. The van der Waals surface area contributed by atoms with Crippen LogP contribution in [0.15, 0.2) is 28.8 Å². The molecule has 19 heavy (non-hydrogen) atoms. The Hall–Kier alpha value is -2.37. The lowest BCUT2D eigenvalue weighted by atomic mass is 10.1. The second-order valence-corrected chi connectivity index (χ2v) is 4.51. The molecule has 2 N–H and O–H groups in total. The first-order chi connectivity index (χ1) is 9.22. The molecule has 0 fully saturated rings. The summed E-state index contributed by atoms with van der Waals surface area (Å²) in [5, 5.41) is 9.73. The van der Waals surface area contributed by atoms with Gasteiger partial charge in [0.1, 0.15) is 6.04 Å². The van der Waals surface area contributed by atoms with E-state index in [1.807, 2.05) is 24.3 Å². The van der Waals surface area contributed by atoms with Crippen LogP contribution in [-0.4, -0.2) is 22.1 Å². The number of hydrogen-bond acceptors (Lipinski definition) is 5. The van der Waals surface area contributed by atoms with Gasteiger partial charge < -0.3 is 15.2 Å². The van der Waals surface area contributed by atoms with Crippen molar-refractivity contribution in [3.8, 4) is 0 Å². The number of nitrogens with one attached hydrogen (secondary N) is 2. The predicted molar refractivity (Wildman–Crippen MR) is 68.4 cm³/mol. The molecule has 1 aromatic heterocycles. The van der Waals surface area contributed by atoms with Crippen molar-refractivity contribution in [3.63, 3.8) is 0 Å². The molecular formula is C13H14N4O2. The van der Waals surface area contributed by atoms with E-state index in [-0.39, 0.29) is 18.5 Å². The molecule has 0 saturated carbocycles. The summed E-state index contributed by atoms with van der Waals surface area (Å²) in [4.78, 5) is 16.1. The lowest BCUT2D eigenvalue weighted by molar-refractivity contribution is -0.121. The van der Waals surface area contributed by atoms with Crippen molar-refractivity contribution in [1.29, 1.82) is 0 Å². The largest absolute Gasteiger partial charge is 0.373 e. The first kappa shape index (κ1) is 11.7. The summed E-state index contributed by atoms with van der Waals surface area (Å²) in [6.07, 6.45) is 0.702. The molecule has 0 saturated heterocycles. The highest BCUT2D eigenvalue weighted by atomic mass is 16.5. The topological polar surface area (TPSA) is 80.0 Å². The number of rotatable bonds is 3. The maximum absolute atomic E-state index is 12.0. The number of para-hydroxylation sites is 1. The van der Waals surface area contributed by atoms with Crippen LogP contribution >= 0.6 is 0 Å². The molecule has 0 aliphatic carbocycles. The molecule has 2 aromatic rings. The van der Waals surface area contributed by atoms with Gasteiger partial charge in [-0.25, -0.2) is 0 Å². The normalized spacial score (nSPS) is 16.8. The Morgan fingerprint density at radius 2 is 2.37 bits per heavy atom. The van der Waals surface area contributed by atoms with Gasteiger partial charge in [-0.05, 0) is 11.6 Å². The zero-order valence-electron chi connectivity index (χ0n) is 10.5. The monoisotopic (exact) mass is 258 g/mol. The van der Waals surface area contributed by atoms with E-state index in [1.54, 1.807) is 6.92 Å². The van der Waals surface area contributed by atoms with E-state index in [0.717, 1.165) is 11.3 Å². The Morgan fingerprint density at radius 3 is 3.11 bits per heavy atom. The zero-order valence-corrected chi connectivity index (χ0v) is 10.5. The minimum atomic E-state index is -0.231. The Morgan fingerprint density at radius 1 is 1.53 bits per heavy atom. The standard InChI is InChI=1S/C13H14N4O2/c1-8-15-12(17-19-8)7-14-13(18)11-6-9-4-2-3-5-10(9)16-11/h2-5,11,16H,6-7H2,1H3,(H,14,18)/t11-/m0/s1. The summed E-state index contributed by atoms with van der Waals surface area (Å²) in [5.74, 6) is 0.927. The number of benzene rings is 1. The number of anilines is 1. The van der Waals surface area contributed by atoms with E-state index in [0.29, 0.717) is 18.1 Å². The smallest absolute Gasteiger partial charge is 0.243 e. The van der Waals surface area contributed by atoms with Gasteiger partial charge in [0.15, 0.2) is 5.82 Å². The Kier molecular flexibility index (Phi) is 2.91. The molecule has 1 aliphatic rings. The summed E-state index contributed by atoms with van der Waals surface area (Å²) in [6, 6.07) is 7.70. The first-order valence-electron chi connectivity index (χ1n) is 6.14. The number of nitrogens with zero attached hydrogens (tertiary/aromatic N) is 2. The minimum absolute atomic E-state index is 0.0568. The van der Waals surface area contributed by atoms with Gasteiger partial charge in [-0.2, -0.15) is 4.98 Å². The number of carbonyl (C=O) groups is 1. The van der Waals surface area contributed by atoms with Gasteiger partial charge in [0.25, 0.3) is 0 Å². The molecule has 1 aliphatic heterocycles. The lowest BCUT2D eigenvalue weighted by Crippen LogP contribution is -2.38. The van der Waals surface area contributed by atoms with Crippen LogP contribution in [0.4, 0.5) is 5.69 Å². The van der Waals surface area contributed by atoms with Crippen LogP contribution in [0, 0.1) is 6.92 Å². The van der Waals surface area contributed by atoms with Crippen LogP contribution in [0.2, 0.25) is 0 Å². The van der Waals surface area contributed by atoms with Crippen molar-refractivity contribution < 1.29 is 9.32 Å². The fourth-order valence-corrected chi connectivity index (χ4v) is 2.16. The maximum atomic E-state index is 12.0. The quantitative estimate of drug-likeness (QED) is 0.859. The summed E-state index contributed by atoms with van der Waals surface area (Å²) < 4.78 is 4.84. The van der Waals surface area contributed by atoms with Crippen molar-refractivity contribution in [2.75, 3.05) is 5.32 Å². The average Bonchev–Trinajstić information content (AvgIpc) is 3.01. The number of fused-ring (bicyclic) bond motifs is 1. The van der Waals surface area contributed by atoms with E-state index in [1.165, 1.54) is 0 Å². The van der Waals surface area contributed by atoms with E-state index in [4.69, 9.17) is 4.52 Å². The fourth-order valence-electron chi connectivity index (χ4n) is 2.16.